The molecule has 0 saturated carbocycles. The molecular formula is C18H25N5O3. The number of rotatable bonds is 9. The lowest BCUT2D eigenvalue weighted by atomic mass is 10.2. The number of carbonyl (C=O) groups is 1. The molecule has 1 aromatic heterocycles. The third-order valence-electron chi connectivity index (χ3n) is 3.64. The third-order valence-corrected chi connectivity index (χ3v) is 3.64. The normalized spacial score (nSPS) is 10.5. The smallest absolute Gasteiger partial charge is 0.270 e. The van der Waals surface area contributed by atoms with Gasteiger partial charge in [0.05, 0.1) is 19.9 Å². The number of methoxy groups -OCH3 is 2. The number of aromatic nitrogens is 2. The Morgan fingerprint density at radius 3 is 2.65 bits per heavy atom. The van der Waals surface area contributed by atoms with Gasteiger partial charge in [0.1, 0.15) is 29.3 Å². The van der Waals surface area contributed by atoms with E-state index in [4.69, 9.17) is 9.47 Å². The molecule has 0 spiro atoms. The Labute approximate surface area is 153 Å². The van der Waals surface area contributed by atoms with Crippen LogP contribution in [0.15, 0.2) is 30.6 Å². The first kappa shape index (κ1) is 19.5. The minimum atomic E-state index is -0.226. The van der Waals surface area contributed by atoms with Crippen LogP contribution >= 0.6 is 0 Å². The molecule has 0 aliphatic heterocycles. The molecule has 0 aliphatic rings. The molecule has 0 aliphatic carbocycles. The molecule has 0 radical (unpaired) electrons. The van der Waals surface area contributed by atoms with Crippen LogP contribution in [-0.2, 0) is 0 Å². The van der Waals surface area contributed by atoms with Crippen molar-refractivity contribution in [1.82, 2.24) is 20.2 Å². The van der Waals surface area contributed by atoms with Gasteiger partial charge in [0.2, 0.25) is 0 Å². The highest BCUT2D eigenvalue weighted by Crippen LogP contribution is 2.30. The number of carbonyl (C=O) groups excluding carboxylic acids is 1. The molecule has 2 aromatic rings. The van der Waals surface area contributed by atoms with Gasteiger partial charge in [0.25, 0.3) is 5.91 Å². The maximum Gasteiger partial charge on any atom is 0.270 e. The Balaban J connectivity index is 2.04. The fourth-order valence-electron chi connectivity index (χ4n) is 2.28. The van der Waals surface area contributed by atoms with Gasteiger partial charge in [0.15, 0.2) is 0 Å². The van der Waals surface area contributed by atoms with Crippen molar-refractivity contribution < 1.29 is 14.3 Å². The highest BCUT2D eigenvalue weighted by atomic mass is 16.5. The summed E-state index contributed by atoms with van der Waals surface area (Å²) in [4.78, 5) is 22.5. The maximum absolute atomic E-state index is 12.2. The second kappa shape index (κ2) is 9.57. The molecule has 140 valence electrons. The predicted molar refractivity (Wildman–Crippen MR) is 100 cm³/mol. The van der Waals surface area contributed by atoms with Crippen LogP contribution in [0.3, 0.4) is 0 Å². The molecule has 1 aromatic carbocycles. The molecule has 8 nitrogen and oxygen atoms in total. The largest absolute Gasteiger partial charge is 0.497 e. The number of benzene rings is 1. The summed E-state index contributed by atoms with van der Waals surface area (Å²) >= 11 is 0. The molecule has 8 heteroatoms. The van der Waals surface area contributed by atoms with Crippen molar-refractivity contribution in [3.8, 4) is 11.5 Å². The van der Waals surface area contributed by atoms with Crippen LogP contribution in [-0.4, -0.2) is 62.2 Å². The van der Waals surface area contributed by atoms with Crippen LogP contribution in [0.2, 0.25) is 0 Å². The average molecular weight is 359 g/mol. The van der Waals surface area contributed by atoms with E-state index in [1.807, 2.05) is 26.2 Å². The van der Waals surface area contributed by atoms with E-state index >= 15 is 0 Å². The Morgan fingerprint density at radius 2 is 1.96 bits per heavy atom. The molecule has 1 heterocycles. The lowest BCUT2D eigenvalue weighted by molar-refractivity contribution is 0.0947. The lowest BCUT2D eigenvalue weighted by Gasteiger charge is -2.12. The first-order valence-electron chi connectivity index (χ1n) is 8.27. The van der Waals surface area contributed by atoms with Gasteiger partial charge in [-0.2, -0.15) is 0 Å². The van der Waals surface area contributed by atoms with Crippen molar-refractivity contribution in [2.75, 3.05) is 46.7 Å². The minimum absolute atomic E-state index is 0.226. The molecule has 2 rings (SSSR count). The van der Waals surface area contributed by atoms with Crippen LogP contribution in [0.4, 0.5) is 11.5 Å². The zero-order chi connectivity index (χ0) is 18.9. The van der Waals surface area contributed by atoms with Crippen LogP contribution in [0.5, 0.6) is 11.5 Å². The SMILES string of the molecule is COc1ccc(Nc2cc(C(=O)NCCCN(C)C)ncn2)c(OC)c1. The summed E-state index contributed by atoms with van der Waals surface area (Å²) in [7, 11) is 7.16. The fraction of sp³-hybridized carbons (Fsp3) is 0.389. The maximum atomic E-state index is 12.2. The zero-order valence-electron chi connectivity index (χ0n) is 15.6. The van der Waals surface area contributed by atoms with Crippen molar-refractivity contribution in [2.24, 2.45) is 0 Å². The molecular weight excluding hydrogens is 334 g/mol. The van der Waals surface area contributed by atoms with Crippen molar-refractivity contribution in [3.05, 3.63) is 36.3 Å². The van der Waals surface area contributed by atoms with Gasteiger partial charge in [-0.25, -0.2) is 9.97 Å². The van der Waals surface area contributed by atoms with E-state index in [-0.39, 0.29) is 5.91 Å². The second-order valence-electron chi connectivity index (χ2n) is 5.89. The number of anilines is 2. The molecule has 0 unspecified atom stereocenters. The van der Waals surface area contributed by atoms with E-state index in [2.05, 4.69) is 25.5 Å². The van der Waals surface area contributed by atoms with Gasteiger partial charge in [-0.15, -0.1) is 0 Å². The summed E-state index contributed by atoms with van der Waals surface area (Å²) in [6.07, 6.45) is 2.23. The number of ether oxygens (including phenoxy) is 2. The Kier molecular flexibility index (Phi) is 7.16. The van der Waals surface area contributed by atoms with Gasteiger partial charge in [-0.05, 0) is 39.2 Å². The molecule has 0 saturated heterocycles. The van der Waals surface area contributed by atoms with Crippen LogP contribution in [0, 0.1) is 0 Å². The molecule has 1 amide bonds. The summed E-state index contributed by atoms with van der Waals surface area (Å²) in [6, 6.07) is 7.00. The summed E-state index contributed by atoms with van der Waals surface area (Å²) in [6.45, 7) is 1.50. The van der Waals surface area contributed by atoms with Crippen LogP contribution in [0.1, 0.15) is 16.9 Å². The zero-order valence-corrected chi connectivity index (χ0v) is 15.6. The topological polar surface area (TPSA) is 88.6 Å². The van der Waals surface area contributed by atoms with Gasteiger partial charge in [-0.1, -0.05) is 0 Å². The average Bonchev–Trinajstić information content (AvgIpc) is 2.65. The second-order valence-corrected chi connectivity index (χ2v) is 5.89. The highest BCUT2D eigenvalue weighted by molar-refractivity contribution is 5.93. The predicted octanol–water partition coefficient (Wildman–Crippen LogP) is 1.92. The number of nitrogens with zero attached hydrogens (tertiary/aromatic N) is 3. The van der Waals surface area contributed by atoms with E-state index in [0.717, 1.165) is 13.0 Å². The summed E-state index contributed by atoms with van der Waals surface area (Å²) in [5.41, 5.74) is 1.02. The van der Waals surface area contributed by atoms with Crippen molar-refractivity contribution in [1.29, 1.82) is 0 Å². The summed E-state index contributed by atoms with van der Waals surface area (Å²) in [5, 5.41) is 5.99. The van der Waals surface area contributed by atoms with E-state index in [1.165, 1.54) is 6.33 Å². The highest BCUT2D eigenvalue weighted by Gasteiger charge is 2.10. The molecule has 2 N–H and O–H groups in total. The number of amides is 1. The quantitative estimate of drug-likeness (QED) is 0.661. The first-order chi connectivity index (χ1) is 12.5. The van der Waals surface area contributed by atoms with Gasteiger partial charge >= 0.3 is 0 Å². The molecule has 0 fully saturated rings. The minimum Gasteiger partial charge on any atom is -0.497 e. The van der Waals surface area contributed by atoms with E-state index in [9.17, 15) is 4.79 Å². The Hall–Kier alpha value is -2.87. The lowest BCUT2D eigenvalue weighted by Crippen LogP contribution is -2.27. The van der Waals surface area contributed by atoms with E-state index in [0.29, 0.717) is 35.2 Å². The van der Waals surface area contributed by atoms with Crippen molar-refractivity contribution in [2.45, 2.75) is 6.42 Å². The summed E-state index contributed by atoms with van der Waals surface area (Å²) in [5.74, 6) is 1.57. The van der Waals surface area contributed by atoms with E-state index in [1.54, 1.807) is 26.4 Å². The molecule has 0 bridgehead atoms. The van der Waals surface area contributed by atoms with Crippen molar-refractivity contribution >= 4 is 17.4 Å². The Bertz CT molecular complexity index is 737. The van der Waals surface area contributed by atoms with E-state index < -0.39 is 0 Å². The van der Waals surface area contributed by atoms with Crippen molar-refractivity contribution in [3.63, 3.8) is 0 Å². The molecule has 0 atom stereocenters. The number of hydrogen-bond acceptors (Lipinski definition) is 7. The number of nitrogens with one attached hydrogen (secondary N) is 2. The van der Waals surface area contributed by atoms with Gasteiger partial charge < -0.3 is 25.0 Å². The molecule has 26 heavy (non-hydrogen) atoms. The fourth-order valence-corrected chi connectivity index (χ4v) is 2.28. The monoisotopic (exact) mass is 359 g/mol. The summed E-state index contributed by atoms with van der Waals surface area (Å²) < 4.78 is 10.5. The Morgan fingerprint density at radius 1 is 1.15 bits per heavy atom. The van der Waals surface area contributed by atoms with Crippen LogP contribution in [0.25, 0.3) is 0 Å². The van der Waals surface area contributed by atoms with Crippen LogP contribution < -0.4 is 20.1 Å². The standard InChI is InChI=1S/C18H25N5O3/c1-23(2)9-5-8-19-18(24)15-11-17(21-12-20-15)22-14-7-6-13(25-3)10-16(14)26-4/h6-7,10-12H,5,8-9H2,1-4H3,(H,19,24)(H,20,21,22). The van der Waals surface area contributed by atoms with Gasteiger partial charge in [0, 0.05) is 18.7 Å². The first-order valence-corrected chi connectivity index (χ1v) is 8.27. The third kappa shape index (κ3) is 5.59. The van der Waals surface area contributed by atoms with Gasteiger partial charge in [-0.3, -0.25) is 4.79 Å². The number of hydrogen-bond donors (Lipinski definition) is 2.